The summed E-state index contributed by atoms with van der Waals surface area (Å²) in [6.07, 6.45) is 2.85. The Kier molecular flexibility index (Phi) is 3.47. The van der Waals surface area contributed by atoms with Crippen molar-refractivity contribution in [1.82, 2.24) is 4.98 Å². The second-order valence-corrected chi connectivity index (χ2v) is 5.80. The summed E-state index contributed by atoms with van der Waals surface area (Å²) in [6, 6.07) is 0. The molecule has 0 bridgehead atoms. The molecule has 2 heterocycles. The number of carbonyl (C=O) groups excluding carboxylic acids is 1. The molecular formula is C12H15BrN2O3. The minimum absolute atomic E-state index is 0.376. The monoisotopic (exact) mass is 314 g/mol. The van der Waals surface area contributed by atoms with Crippen LogP contribution in [0.25, 0.3) is 0 Å². The Labute approximate surface area is 114 Å². The molecule has 0 spiro atoms. The van der Waals surface area contributed by atoms with Gasteiger partial charge in [0, 0.05) is 6.20 Å². The van der Waals surface area contributed by atoms with Crippen molar-refractivity contribution in [2.75, 3.05) is 18.1 Å². The third kappa shape index (κ3) is 2.75. The minimum atomic E-state index is -0.519. The van der Waals surface area contributed by atoms with Crippen LogP contribution in [0.3, 0.4) is 0 Å². The molecule has 0 N–H and O–H groups in total. The van der Waals surface area contributed by atoms with Crippen molar-refractivity contribution in [1.29, 1.82) is 0 Å². The van der Waals surface area contributed by atoms with Gasteiger partial charge in [-0.25, -0.2) is 4.79 Å². The molecule has 0 radical (unpaired) electrons. The standard InChI is InChI=1S/C12H15BrN2O3/c1-12(2,3)18-11(16)15-4-5-17-9-7-14-6-8(13)10(9)15/h6-7H,4-5H2,1-3H3. The van der Waals surface area contributed by atoms with E-state index in [1.54, 1.807) is 17.3 Å². The van der Waals surface area contributed by atoms with Crippen LogP contribution in [0.4, 0.5) is 10.5 Å². The van der Waals surface area contributed by atoms with E-state index in [-0.39, 0.29) is 6.09 Å². The number of halogens is 1. The molecule has 0 unspecified atom stereocenters. The van der Waals surface area contributed by atoms with Crippen LogP contribution in [-0.4, -0.2) is 29.8 Å². The molecule has 1 aromatic heterocycles. The molecule has 1 aromatic rings. The van der Waals surface area contributed by atoms with E-state index in [0.717, 1.165) is 0 Å². The number of rotatable bonds is 0. The van der Waals surface area contributed by atoms with Crippen molar-refractivity contribution < 1.29 is 14.3 Å². The Morgan fingerprint density at radius 1 is 1.50 bits per heavy atom. The van der Waals surface area contributed by atoms with Crippen molar-refractivity contribution >= 4 is 27.7 Å². The van der Waals surface area contributed by atoms with E-state index in [2.05, 4.69) is 20.9 Å². The van der Waals surface area contributed by atoms with Gasteiger partial charge in [0.1, 0.15) is 17.9 Å². The fourth-order valence-electron chi connectivity index (χ4n) is 1.64. The summed E-state index contributed by atoms with van der Waals surface area (Å²) in [5, 5.41) is 0. The molecule has 0 fully saturated rings. The molecule has 2 rings (SSSR count). The summed E-state index contributed by atoms with van der Waals surface area (Å²) in [5.74, 6) is 0.585. The fraction of sp³-hybridized carbons (Fsp3) is 0.500. The minimum Gasteiger partial charge on any atom is -0.488 e. The first kappa shape index (κ1) is 13.1. The van der Waals surface area contributed by atoms with E-state index < -0.39 is 5.60 Å². The fourth-order valence-corrected chi connectivity index (χ4v) is 2.16. The Morgan fingerprint density at radius 2 is 2.22 bits per heavy atom. The Morgan fingerprint density at radius 3 is 2.89 bits per heavy atom. The van der Waals surface area contributed by atoms with Crippen molar-refractivity contribution in [2.24, 2.45) is 0 Å². The van der Waals surface area contributed by atoms with Crippen LogP contribution in [0.2, 0.25) is 0 Å². The van der Waals surface area contributed by atoms with Crippen LogP contribution >= 0.6 is 15.9 Å². The van der Waals surface area contributed by atoms with Crippen molar-refractivity contribution in [3.05, 3.63) is 16.9 Å². The summed E-state index contributed by atoms with van der Waals surface area (Å²) in [4.78, 5) is 17.7. The number of hydrogen-bond donors (Lipinski definition) is 0. The van der Waals surface area contributed by atoms with E-state index >= 15 is 0 Å². The molecule has 0 atom stereocenters. The molecule has 0 aliphatic carbocycles. The smallest absolute Gasteiger partial charge is 0.415 e. The number of carbonyl (C=O) groups is 1. The zero-order chi connectivity index (χ0) is 13.3. The first-order valence-electron chi connectivity index (χ1n) is 5.65. The molecule has 1 aliphatic heterocycles. The van der Waals surface area contributed by atoms with E-state index in [4.69, 9.17) is 9.47 Å². The lowest BCUT2D eigenvalue weighted by molar-refractivity contribution is 0.0567. The Balaban J connectivity index is 2.30. The van der Waals surface area contributed by atoms with Crippen LogP contribution in [0.1, 0.15) is 20.8 Å². The lowest BCUT2D eigenvalue weighted by Crippen LogP contribution is -2.41. The molecule has 6 heteroatoms. The third-order valence-electron chi connectivity index (χ3n) is 2.30. The van der Waals surface area contributed by atoms with Gasteiger partial charge in [0.2, 0.25) is 0 Å². The maximum absolute atomic E-state index is 12.1. The first-order chi connectivity index (χ1) is 8.38. The van der Waals surface area contributed by atoms with Gasteiger partial charge in [0.25, 0.3) is 0 Å². The second kappa shape index (κ2) is 4.76. The van der Waals surface area contributed by atoms with Crippen LogP contribution in [-0.2, 0) is 4.74 Å². The average Bonchev–Trinajstić information content (AvgIpc) is 2.26. The largest absolute Gasteiger partial charge is 0.488 e. The maximum Gasteiger partial charge on any atom is 0.415 e. The van der Waals surface area contributed by atoms with Crippen molar-refractivity contribution in [3.8, 4) is 5.75 Å². The van der Waals surface area contributed by atoms with Gasteiger partial charge in [-0.1, -0.05) is 0 Å². The molecule has 18 heavy (non-hydrogen) atoms. The Bertz CT molecular complexity index is 471. The highest BCUT2D eigenvalue weighted by Gasteiger charge is 2.29. The summed E-state index contributed by atoms with van der Waals surface area (Å²) in [7, 11) is 0. The van der Waals surface area contributed by atoms with Crippen LogP contribution < -0.4 is 9.64 Å². The molecular weight excluding hydrogens is 300 g/mol. The molecule has 0 saturated carbocycles. The molecule has 98 valence electrons. The summed E-state index contributed by atoms with van der Waals surface area (Å²) in [5.41, 5.74) is 0.153. The number of amides is 1. The number of aromatic nitrogens is 1. The van der Waals surface area contributed by atoms with Crippen molar-refractivity contribution in [3.63, 3.8) is 0 Å². The first-order valence-corrected chi connectivity index (χ1v) is 6.44. The highest BCUT2D eigenvalue weighted by molar-refractivity contribution is 9.10. The molecule has 0 saturated heterocycles. The molecule has 5 nitrogen and oxygen atoms in total. The van der Waals surface area contributed by atoms with Crippen LogP contribution in [0.5, 0.6) is 5.75 Å². The second-order valence-electron chi connectivity index (χ2n) is 4.95. The number of ether oxygens (including phenoxy) is 2. The zero-order valence-electron chi connectivity index (χ0n) is 10.6. The van der Waals surface area contributed by atoms with Gasteiger partial charge in [0.05, 0.1) is 17.2 Å². The van der Waals surface area contributed by atoms with E-state index in [1.807, 2.05) is 20.8 Å². The quantitative estimate of drug-likeness (QED) is 0.738. The van der Waals surface area contributed by atoms with Gasteiger partial charge >= 0.3 is 6.09 Å². The number of hydrogen-bond acceptors (Lipinski definition) is 4. The van der Waals surface area contributed by atoms with E-state index in [9.17, 15) is 4.79 Å². The van der Waals surface area contributed by atoms with Gasteiger partial charge < -0.3 is 9.47 Å². The van der Waals surface area contributed by atoms with Gasteiger partial charge in [-0.05, 0) is 36.7 Å². The molecule has 1 aliphatic rings. The number of pyridine rings is 1. The highest BCUT2D eigenvalue weighted by atomic mass is 79.9. The number of nitrogens with zero attached hydrogens (tertiary/aromatic N) is 2. The van der Waals surface area contributed by atoms with E-state index in [1.165, 1.54) is 0 Å². The Hall–Kier alpha value is -1.30. The van der Waals surface area contributed by atoms with Gasteiger partial charge in [0.15, 0.2) is 5.75 Å². The van der Waals surface area contributed by atoms with Gasteiger partial charge in [-0.15, -0.1) is 0 Å². The van der Waals surface area contributed by atoms with Gasteiger partial charge in [-0.3, -0.25) is 9.88 Å². The topological polar surface area (TPSA) is 51.7 Å². The zero-order valence-corrected chi connectivity index (χ0v) is 12.2. The lowest BCUT2D eigenvalue weighted by atomic mass is 10.2. The highest BCUT2D eigenvalue weighted by Crippen LogP contribution is 2.37. The third-order valence-corrected chi connectivity index (χ3v) is 2.88. The summed E-state index contributed by atoms with van der Waals surface area (Å²) >= 11 is 3.38. The average molecular weight is 315 g/mol. The predicted octanol–water partition coefficient (Wildman–Crippen LogP) is 2.98. The van der Waals surface area contributed by atoms with Crippen molar-refractivity contribution in [2.45, 2.75) is 26.4 Å². The van der Waals surface area contributed by atoms with Gasteiger partial charge in [-0.2, -0.15) is 0 Å². The van der Waals surface area contributed by atoms with E-state index in [0.29, 0.717) is 29.1 Å². The molecule has 1 amide bonds. The normalized spacial score (nSPS) is 14.8. The summed E-state index contributed by atoms with van der Waals surface area (Å²) in [6.45, 7) is 6.42. The van der Waals surface area contributed by atoms with Crippen LogP contribution in [0.15, 0.2) is 16.9 Å². The maximum atomic E-state index is 12.1. The van der Waals surface area contributed by atoms with Crippen LogP contribution in [0, 0.1) is 0 Å². The SMILES string of the molecule is CC(C)(C)OC(=O)N1CCOc2cncc(Br)c21. The lowest BCUT2D eigenvalue weighted by Gasteiger charge is -2.31. The number of anilines is 1. The summed E-state index contributed by atoms with van der Waals surface area (Å²) < 4.78 is 11.6. The number of fused-ring (bicyclic) bond motifs is 1. The predicted molar refractivity (Wildman–Crippen MR) is 71.0 cm³/mol. The molecule has 0 aromatic carbocycles.